The zero-order valence-corrected chi connectivity index (χ0v) is 7.00. The Morgan fingerprint density at radius 3 is 2.27 bits per heavy atom. The second kappa shape index (κ2) is 4.73. The summed E-state index contributed by atoms with van der Waals surface area (Å²) < 4.78 is 0. The molecule has 2 atom stereocenters. The first-order valence-electron chi connectivity index (χ1n) is 4.63. The van der Waals surface area contributed by atoms with Crippen LogP contribution >= 0.6 is 0 Å². The molecule has 0 spiro atoms. The summed E-state index contributed by atoms with van der Waals surface area (Å²) in [6, 6.07) is 0. The molecule has 2 heteroatoms. The summed E-state index contributed by atoms with van der Waals surface area (Å²) >= 11 is 0. The van der Waals surface area contributed by atoms with Crippen molar-refractivity contribution in [1.82, 2.24) is 0 Å². The van der Waals surface area contributed by atoms with Crippen LogP contribution in [0, 0.1) is 5.92 Å². The Morgan fingerprint density at radius 2 is 1.64 bits per heavy atom. The molecule has 1 saturated carbocycles. The lowest BCUT2D eigenvalue weighted by atomic mass is 9.89. The summed E-state index contributed by atoms with van der Waals surface area (Å²) in [5, 5.41) is 18.4. The number of hydrogen-bond donors (Lipinski definition) is 2. The SMILES string of the molecule is OCC1CCCCCCC1O. The fourth-order valence-corrected chi connectivity index (χ4v) is 1.75. The van der Waals surface area contributed by atoms with Crippen molar-refractivity contribution < 1.29 is 10.2 Å². The highest BCUT2D eigenvalue weighted by atomic mass is 16.3. The van der Waals surface area contributed by atoms with E-state index in [0.29, 0.717) is 0 Å². The predicted octanol–water partition coefficient (Wildman–Crippen LogP) is 1.31. The third-order valence-electron chi connectivity index (χ3n) is 2.60. The standard InChI is InChI=1S/C9H18O2/c10-7-8-5-3-1-2-4-6-9(8)11/h8-11H,1-7H2. The predicted molar refractivity (Wildman–Crippen MR) is 44.3 cm³/mol. The summed E-state index contributed by atoms with van der Waals surface area (Å²) in [5.74, 6) is 0.148. The van der Waals surface area contributed by atoms with E-state index in [1.807, 2.05) is 0 Å². The quantitative estimate of drug-likeness (QED) is 0.604. The minimum atomic E-state index is -0.250. The summed E-state index contributed by atoms with van der Waals surface area (Å²) in [5.41, 5.74) is 0. The molecule has 0 heterocycles. The molecule has 66 valence electrons. The normalized spacial score (nSPS) is 34.4. The smallest absolute Gasteiger partial charge is 0.0590 e. The Balaban J connectivity index is 2.33. The maximum atomic E-state index is 9.51. The van der Waals surface area contributed by atoms with Gasteiger partial charge in [0.05, 0.1) is 6.10 Å². The molecule has 0 aliphatic heterocycles. The third kappa shape index (κ3) is 2.80. The highest BCUT2D eigenvalue weighted by molar-refractivity contribution is 4.70. The van der Waals surface area contributed by atoms with E-state index in [1.165, 1.54) is 19.3 Å². The van der Waals surface area contributed by atoms with E-state index in [1.54, 1.807) is 0 Å². The second-order valence-corrected chi connectivity index (χ2v) is 3.50. The number of hydrogen-bond acceptors (Lipinski definition) is 2. The van der Waals surface area contributed by atoms with Crippen LogP contribution in [0.5, 0.6) is 0 Å². The van der Waals surface area contributed by atoms with Crippen LogP contribution in [-0.2, 0) is 0 Å². The fraction of sp³-hybridized carbons (Fsp3) is 1.00. The zero-order valence-electron chi connectivity index (χ0n) is 7.00. The van der Waals surface area contributed by atoms with Crippen LogP contribution in [0.15, 0.2) is 0 Å². The third-order valence-corrected chi connectivity index (χ3v) is 2.60. The number of rotatable bonds is 1. The first-order valence-corrected chi connectivity index (χ1v) is 4.63. The van der Waals surface area contributed by atoms with Crippen molar-refractivity contribution in [2.45, 2.75) is 44.6 Å². The largest absolute Gasteiger partial charge is 0.396 e. The molecule has 1 fully saturated rings. The van der Waals surface area contributed by atoms with Crippen molar-refractivity contribution in [3.05, 3.63) is 0 Å². The first kappa shape index (κ1) is 9.01. The first-order chi connectivity index (χ1) is 5.34. The van der Waals surface area contributed by atoms with Crippen LogP contribution in [0.25, 0.3) is 0 Å². The van der Waals surface area contributed by atoms with Crippen molar-refractivity contribution in [2.24, 2.45) is 5.92 Å². The molecule has 2 nitrogen and oxygen atoms in total. The maximum Gasteiger partial charge on any atom is 0.0590 e. The van der Waals surface area contributed by atoms with E-state index in [2.05, 4.69) is 0 Å². The second-order valence-electron chi connectivity index (χ2n) is 3.50. The van der Waals surface area contributed by atoms with Gasteiger partial charge in [-0.05, 0) is 12.8 Å². The van der Waals surface area contributed by atoms with E-state index in [4.69, 9.17) is 5.11 Å². The molecule has 0 amide bonds. The molecule has 0 aromatic heterocycles. The van der Waals surface area contributed by atoms with Gasteiger partial charge in [-0.3, -0.25) is 0 Å². The van der Waals surface area contributed by atoms with Crippen LogP contribution in [0.3, 0.4) is 0 Å². The molecule has 1 aliphatic carbocycles. The lowest BCUT2D eigenvalue weighted by Gasteiger charge is -2.23. The molecule has 0 saturated heterocycles. The van der Waals surface area contributed by atoms with Gasteiger partial charge in [-0.2, -0.15) is 0 Å². The van der Waals surface area contributed by atoms with Gasteiger partial charge in [0.15, 0.2) is 0 Å². The van der Waals surface area contributed by atoms with Crippen molar-refractivity contribution in [3.8, 4) is 0 Å². The molecule has 0 aromatic carbocycles. The van der Waals surface area contributed by atoms with E-state index in [9.17, 15) is 5.11 Å². The van der Waals surface area contributed by atoms with Gasteiger partial charge in [-0.1, -0.05) is 25.7 Å². The summed E-state index contributed by atoms with van der Waals surface area (Å²) in [6.45, 7) is 0.154. The highest BCUT2D eigenvalue weighted by Crippen LogP contribution is 2.21. The van der Waals surface area contributed by atoms with E-state index in [0.717, 1.165) is 19.3 Å². The van der Waals surface area contributed by atoms with Crippen molar-refractivity contribution in [1.29, 1.82) is 0 Å². The lowest BCUT2D eigenvalue weighted by Crippen LogP contribution is -2.24. The molecule has 0 bridgehead atoms. The number of aliphatic hydroxyl groups excluding tert-OH is 2. The molecule has 1 rings (SSSR count). The molecule has 1 aliphatic rings. The highest BCUT2D eigenvalue weighted by Gasteiger charge is 2.19. The van der Waals surface area contributed by atoms with Crippen LogP contribution in [-0.4, -0.2) is 22.9 Å². The van der Waals surface area contributed by atoms with Gasteiger partial charge < -0.3 is 10.2 Å². The Bertz CT molecular complexity index is 104. The van der Waals surface area contributed by atoms with Gasteiger partial charge in [0, 0.05) is 12.5 Å². The van der Waals surface area contributed by atoms with Crippen LogP contribution in [0.1, 0.15) is 38.5 Å². The molecule has 11 heavy (non-hydrogen) atoms. The average molecular weight is 158 g/mol. The Labute approximate surface area is 68.2 Å². The van der Waals surface area contributed by atoms with Crippen molar-refractivity contribution in [2.75, 3.05) is 6.61 Å². The van der Waals surface area contributed by atoms with Crippen molar-refractivity contribution in [3.63, 3.8) is 0 Å². The van der Waals surface area contributed by atoms with Gasteiger partial charge in [-0.15, -0.1) is 0 Å². The summed E-state index contributed by atoms with van der Waals surface area (Å²) in [4.78, 5) is 0. The average Bonchev–Trinajstić information content (AvgIpc) is 1.98. The Morgan fingerprint density at radius 1 is 1.00 bits per heavy atom. The molecule has 0 aromatic rings. The molecular weight excluding hydrogens is 140 g/mol. The zero-order chi connectivity index (χ0) is 8.10. The lowest BCUT2D eigenvalue weighted by molar-refractivity contribution is 0.0482. The fourth-order valence-electron chi connectivity index (χ4n) is 1.75. The van der Waals surface area contributed by atoms with E-state index >= 15 is 0 Å². The molecule has 2 unspecified atom stereocenters. The van der Waals surface area contributed by atoms with Gasteiger partial charge >= 0.3 is 0 Å². The minimum absolute atomic E-state index is 0.148. The topological polar surface area (TPSA) is 40.5 Å². The molecular formula is C9H18O2. The molecule has 0 radical (unpaired) electrons. The maximum absolute atomic E-state index is 9.51. The van der Waals surface area contributed by atoms with E-state index in [-0.39, 0.29) is 18.6 Å². The van der Waals surface area contributed by atoms with Crippen LogP contribution in [0.4, 0.5) is 0 Å². The van der Waals surface area contributed by atoms with Gasteiger partial charge in [-0.25, -0.2) is 0 Å². The van der Waals surface area contributed by atoms with E-state index < -0.39 is 0 Å². The summed E-state index contributed by atoms with van der Waals surface area (Å²) in [6.07, 6.45) is 6.43. The Kier molecular flexibility index (Phi) is 3.87. The monoisotopic (exact) mass is 158 g/mol. The van der Waals surface area contributed by atoms with Gasteiger partial charge in [0.25, 0.3) is 0 Å². The van der Waals surface area contributed by atoms with Gasteiger partial charge in [0.2, 0.25) is 0 Å². The summed E-state index contributed by atoms with van der Waals surface area (Å²) in [7, 11) is 0. The van der Waals surface area contributed by atoms with Crippen LogP contribution in [0.2, 0.25) is 0 Å². The Hall–Kier alpha value is -0.0800. The van der Waals surface area contributed by atoms with Gasteiger partial charge in [0.1, 0.15) is 0 Å². The molecule has 2 N–H and O–H groups in total. The van der Waals surface area contributed by atoms with Crippen molar-refractivity contribution >= 4 is 0 Å². The number of aliphatic hydroxyl groups is 2. The van der Waals surface area contributed by atoms with Crippen LogP contribution < -0.4 is 0 Å². The minimum Gasteiger partial charge on any atom is -0.396 e.